The van der Waals surface area contributed by atoms with Gasteiger partial charge in [0.1, 0.15) is 11.6 Å². The van der Waals surface area contributed by atoms with Gasteiger partial charge in [0.25, 0.3) is 0 Å². The minimum Gasteiger partial charge on any atom is -0.410 e. The Labute approximate surface area is 203 Å². The topological polar surface area (TPSA) is 73.6 Å². The number of ether oxygens (including phenoxy) is 1. The van der Waals surface area contributed by atoms with Crippen molar-refractivity contribution < 1.29 is 18.7 Å². The van der Waals surface area contributed by atoms with Crippen molar-refractivity contribution in [2.45, 2.75) is 37.6 Å². The van der Waals surface area contributed by atoms with Crippen molar-refractivity contribution in [2.75, 3.05) is 20.1 Å². The lowest BCUT2D eigenvalue weighted by Gasteiger charge is -2.29. The first-order valence-corrected chi connectivity index (χ1v) is 11.9. The summed E-state index contributed by atoms with van der Waals surface area (Å²) < 4.78 is 18.6. The Hall–Kier alpha value is -3.11. The number of hydrogen-bond acceptors (Lipinski definition) is 4. The van der Waals surface area contributed by atoms with Gasteiger partial charge in [-0.1, -0.05) is 23.7 Å². The van der Waals surface area contributed by atoms with Gasteiger partial charge in [0.15, 0.2) is 0 Å². The lowest BCUT2D eigenvalue weighted by Crippen LogP contribution is -2.44. The molecule has 0 N–H and O–H groups in total. The van der Waals surface area contributed by atoms with Crippen LogP contribution in [0.2, 0.25) is 5.02 Å². The summed E-state index contributed by atoms with van der Waals surface area (Å²) in [7, 11) is 1.66. The van der Waals surface area contributed by atoms with Crippen LogP contribution in [0.15, 0.2) is 48.5 Å². The summed E-state index contributed by atoms with van der Waals surface area (Å²) >= 11 is 6.07. The van der Waals surface area contributed by atoms with E-state index in [9.17, 15) is 14.0 Å². The minimum absolute atomic E-state index is 0.0320. The fourth-order valence-corrected chi connectivity index (χ4v) is 5.06. The zero-order valence-corrected chi connectivity index (χ0v) is 19.7. The van der Waals surface area contributed by atoms with Crippen molar-refractivity contribution >= 4 is 23.6 Å². The number of hydrogen-bond donors (Lipinski definition) is 0. The van der Waals surface area contributed by atoms with Crippen LogP contribution in [0.3, 0.4) is 0 Å². The van der Waals surface area contributed by atoms with E-state index in [4.69, 9.17) is 21.6 Å². The molecule has 1 aliphatic carbocycles. The maximum absolute atomic E-state index is 13.3. The van der Waals surface area contributed by atoms with E-state index in [1.807, 2.05) is 17.0 Å². The fourth-order valence-electron chi connectivity index (χ4n) is 4.94. The number of halogens is 2. The predicted octanol–water partition coefficient (Wildman–Crippen LogP) is 5.23. The molecule has 178 valence electrons. The molecule has 4 rings (SSSR count). The van der Waals surface area contributed by atoms with Crippen LogP contribution in [0.5, 0.6) is 5.75 Å². The number of nitrogens with zero attached hydrogens (tertiary/aromatic N) is 3. The molecule has 1 heterocycles. The number of amides is 2. The Kier molecular flexibility index (Phi) is 7.38. The molecule has 0 unspecified atom stereocenters. The first-order chi connectivity index (χ1) is 16.4. The predicted molar refractivity (Wildman–Crippen MR) is 126 cm³/mol. The third-order valence-corrected chi connectivity index (χ3v) is 7.21. The third kappa shape index (κ3) is 5.34. The zero-order chi connectivity index (χ0) is 24.2. The first kappa shape index (κ1) is 24.0. The summed E-state index contributed by atoms with van der Waals surface area (Å²) in [5.41, 5.74) is 0.985. The molecule has 8 heteroatoms. The maximum atomic E-state index is 13.3. The van der Waals surface area contributed by atoms with Gasteiger partial charge in [0, 0.05) is 42.9 Å². The molecule has 1 saturated heterocycles. The van der Waals surface area contributed by atoms with Crippen LogP contribution < -0.4 is 4.74 Å². The van der Waals surface area contributed by atoms with Gasteiger partial charge in [0.05, 0.1) is 12.1 Å². The zero-order valence-electron chi connectivity index (χ0n) is 19.0. The van der Waals surface area contributed by atoms with Crippen LogP contribution in [0.1, 0.15) is 37.2 Å². The Morgan fingerprint density at radius 1 is 1.06 bits per heavy atom. The number of nitriles is 1. The summed E-state index contributed by atoms with van der Waals surface area (Å²) in [6, 6.07) is 14.7. The molecule has 2 fully saturated rings. The van der Waals surface area contributed by atoms with Crippen LogP contribution in [-0.2, 0) is 4.79 Å². The van der Waals surface area contributed by atoms with E-state index < -0.39 is 11.9 Å². The Morgan fingerprint density at radius 3 is 2.32 bits per heavy atom. The molecule has 34 heavy (non-hydrogen) atoms. The SMILES string of the molecule is CN(C(=O)Oc1ccc(F)cc1)[C@@H]1CN(C(=O)C2CCC(C#N)CC2)C[C@H]1c1ccc(Cl)cc1. The number of rotatable bonds is 4. The second kappa shape index (κ2) is 10.4. The van der Waals surface area contributed by atoms with Crippen molar-refractivity contribution in [1.82, 2.24) is 9.80 Å². The van der Waals surface area contributed by atoms with Crippen LogP contribution in [0, 0.1) is 29.0 Å². The molecule has 0 radical (unpaired) electrons. The molecule has 6 nitrogen and oxygen atoms in total. The van der Waals surface area contributed by atoms with Crippen molar-refractivity contribution in [3.63, 3.8) is 0 Å². The van der Waals surface area contributed by atoms with E-state index in [0.29, 0.717) is 31.0 Å². The van der Waals surface area contributed by atoms with E-state index >= 15 is 0 Å². The lowest BCUT2D eigenvalue weighted by atomic mass is 9.82. The molecule has 1 aliphatic heterocycles. The van der Waals surface area contributed by atoms with E-state index in [1.165, 1.54) is 29.2 Å². The molecule has 2 aliphatic rings. The van der Waals surface area contributed by atoms with Crippen LogP contribution in [0.4, 0.5) is 9.18 Å². The fraction of sp³-hybridized carbons (Fsp3) is 0.423. The van der Waals surface area contributed by atoms with E-state index in [2.05, 4.69) is 6.07 Å². The molecule has 1 saturated carbocycles. The summed E-state index contributed by atoms with van der Waals surface area (Å²) in [4.78, 5) is 29.6. The molecular formula is C26H27ClFN3O3. The number of carbonyl (C=O) groups excluding carboxylic acids is 2. The number of likely N-dealkylation sites (tertiary alicyclic amines) is 1. The quantitative estimate of drug-likeness (QED) is 0.596. The highest BCUT2D eigenvalue weighted by molar-refractivity contribution is 6.30. The monoisotopic (exact) mass is 483 g/mol. The van der Waals surface area contributed by atoms with Crippen LogP contribution >= 0.6 is 11.6 Å². The molecule has 2 aromatic rings. The van der Waals surface area contributed by atoms with Crippen molar-refractivity contribution in [3.05, 3.63) is 64.9 Å². The molecule has 0 spiro atoms. The molecule has 0 aromatic heterocycles. The highest BCUT2D eigenvalue weighted by Crippen LogP contribution is 2.35. The summed E-state index contributed by atoms with van der Waals surface area (Å²) in [5, 5.41) is 9.77. The standard InChI is InChI=1S/C26H27ClFN3O3/c1-30(26(33)34-22-12-10-21(28)11-13-22)24-16-31(15-23(24)18-6-8-20(27)9-7-18)25(32)19-4-2-17(14-29)3-5-19/h6-13,17,19,23-24H,2-5,15-16H2,1H3/t17?,19?,23-,24+/m0/s1. The second-order valence-corrected chi connectivity index (χ2v) is 9.52. The van der Waals surface area contributed by atoms with E-state index in [0.717, 1.165) is 18.4 Å². The molecular weight excluding hydrogens is 457 g/mol. The lowest BCUT2D eigenvalue weighted by molar-refractivity contribution is -0.135. The van der Waals surface area contributed by atoms with Gasteiger partial charge >= 0.3 is 6.09 Å². The molecule has 2 aromatic carbocycles. The van der Waals surface area contributed by atoms with Gasteiger partial charge in [0.2, 0.25) is 5.91 Å². The summed E-state index contributed by atoms with van der Waals surface area (Å²) in [6.07, 6.45) is 2.35. The van der Waals surface area contributed by atoms with Crippen molar-refractivity contribution in [1.29, 1.82) is 5.26 Å². The summed E-state index contributed by atoms with van der Waals surface area (Å²) in [6.45, 7) is 0.872. The smallest absolute Gasteiger partial charge is 0.410 e. The Bertz CT molecular complexity index is 1060. The van der Waals surface area contributed by atoms with E-state index in [1.54, 1.807) is 19.2 Å². The first-order valence-electron chi connectivity index (χ1n) is 11.5. The number of carbonyl (C=O) groups is 2. The van der Waals surface area contributed by atoms with Gasteiger partial charge in [-0.25, -0.2) is 9.18 Å². The number of likely N-dealkylation sites (N-methyl/N-ethyl adjacent to an activating group) is 1. The molecule has 2 amide bonds. The largest absolute Gasteiger partial charge is 0.415 e. The van der Waals surface area contributed by atoms with Gasteiger partial charge in [-0.2, -0.15) is 5.26 Å². The average Bonchev–Trinajstić information content (AvgIpc) is 3.30. The van der Waals surface area contributed by atoms with E-state index in [-0.39, 0.29) is 35.5 Å². The number of benzene rings is 2. The highest BCUT2D eigenvalue weighted by Gasteiger charge is 2.42. The van der Waals surface area contributed by atoms with Gasteiger partial charge in [-0.15, -0.1) is 0 Å². The Morgan fingerprint density at radius 2 is 1.71 bits per heavy atom. The Balaban J connectivity index is 1.51. The molecule has 0 bridgehead atoms. The normalized spacial score (nSPS) is 24.4. The molecule has 2 atom stereocenters. The van der Waals surface area contributed by atoms with Crippen LogP contribution in [-0.4, -0.2) is 48.0 Å². The third-order valence-electron chi connectivity index (χ3n) is 6.96. The summed E-state index contributed by atoms with van der Waals surface area (Å²) in [5.74, 6) is -0.248. The minimum atomic E-state index is -0.570. The van der Waals surface area contributed by atoms with Crippen molar-refractivity contribution in [3.8, 4) is 11.8 Å². The highest BCUT2D eigenvalue weighted by atomic mass is 35.5. The van der Waals surface area contributed by atoms with Crippen molar-refractivity contribution in [2.24, 2.45) is 11.8 Å². The maximum Gasteiger partial charge on any atom is 0.415 e. The van der Waals surface area contributed by atoms with Gasteiger partial charge in [-0.3, -0.25) is 4.79 Å². The average molecular weight is 484 g/mol. The van der Waals surface area contributed by atoms with Gasteiger partial charge < -0.3 is 14.5 Å². The van der Waals surface area contributed by atoms with Crippen LogP contribution in [0.25, 0.3) is 0 Å². The second-order valence-electron chi connectivity index (χ2n) is 9.08. The van der Waals surface area contributed by atoms with Gasteiger partial charge in [-0.05, 0) is 67.6 Å².